The first-order valence-electron chi connectivity index (χ1n) is 11.6. The Balaban J connectivity index is 1.48. The van der Waals surface area contributed by atoms with Crippen molar-refractivity contribution in [2.24, 2.45) is 0 Å². The fourth-order valence-corrected chi connectivity index (χ4v) is 5.07. The zero-order valence-corrected chi connectivity index (χ0v) is 22.1. The maximum absolute atomic E-state index is 13.2. The van der Waals surface area contributed by atoms with Crippen LogP contribution in [0.2, 0.25) is 5.02 Å². The quantitative estimate of drug-likeness (QED) is 0.421. The van der Waals surface area contributed by atoms with Crippen molar-refractivity contribution in [1.82, 2.24) is 19.4 Å². The first-order valence-corrected chi connectivity index (χ1v) is 13.1. The fraction of sp³-hybridized carbons (Fsp3) is 0.346. The molecule has 0 N–H and O–H groups in total. The molecule has 1 aromatic heterocycles. The number of piperidine rings is 1. The Morgan fingerprint density at radius 1 is 1.22 bits per heavy atom. The molecule has 1 aliphatic heterocycles. The zero-order valence-electron chi connectivity index (χ0n) is 19.8. The van der Waals surface area contributed by atoms with Crippen LogP contribution in [-0.4, -0.2) is 56.6 Å². The minimum absolute atomic E-state index is 0.0935. The molecule has 0 spiro atoms. The van der Waals surface area contributed by atoms with Crippen LogP contribution >= 0.6 is 27.5 Å². The number of rotatable bonds is 6. The fourth-order valence-electron chi connectivity index (χ4n) is 4.47. The van der Waals surface area contributed by atoms with Crippen molar-refractivity contribution in [3.8, 4) is 6.07 Å². The Morgan fingerprint density at radius 3 is 2.64 bits per heavy atom. The molecular formula is C26H25BrClN5O3. The van der Waals surface area contributed by atoms with Gasteiger partial charge in [-0.1, -0.05) is 39.7 Å². The number of likely N-dealkylation sites (N-methyl/N-ethyl adjacent to an activating group) is 1. The molecule has 0 saturated carbocycles. The molecule has 8 nitrogen and oxygen atoms in total. The number of carbonyl (C=O) groups excluding carboxylic acids is 2. The van der Waals surface area contributed by atoms with Gasteiger partial charge in [-0.2, -0.15) is 5.26 Å². The average Bonchev–Trinajstić information content (AvgIpc) is 2.89. The summed E-state index contributed by atoms with van der Waals surface area (Å²) in [6.07, 6.45) is 3.07. The number of nitriles is 1. The monoisotopic (exact) mass is 569 g/mol. The summed E-state index contributed by atoms with van der Waals surface area (Å²) in [5.74, 6) is 0.100. The van der Waals surface area contributed by atoms with Gasteiger partial charge in [0.1, 0.15) is 12.6 Å². The van der Waals surface area contributed by atoms with Crippen molar-refractivity contribution in [1.29, 1.82) is 5.26 Å². The number of nitrogens with zero attached hydrogens (tertiary/aromatic N) is 5. The summed E-state index contributed by atoms with van der Waals surface area (Å²) in [7, 11) is 1.65. The highest BCUT2D eigenvalue weighted by Crippen LogP contribution is 2.29. The van der Waals surface area contributed by atoms with Crippen LogP contribution in [0.4, 0.5) is 0 Å². The second-order valence-electron chi connectivity index (χ2n) is 8.92. The minimum atomic E-state index is -0.267. The molecule has 2 heterocycles. The molecule has 0 radical (unpaired) electrons. The van der Waals surface area contributed by atoms with Gasteiger partial charge in [0.25, 0.3) is 5.56 Å². The molecule has 2 aromatic carbocycles. The Morgan fingerprint density at radius 2 is 1.97 bits per heavy atom. The number of amides is 2. The highest BCUT2D eigenvalue weighted by molar-refractivity contribution is 9.09. The molecule has 0 aliphatic carbocycles. The average molecular weight is 571 g/mol. The molecule has 0 unspecified atom stereocenters. The third-order valence-electron chi connectivity index (χ3n) is 6.59. The van der Waals surface area contributed by atoms with E-state index in [4.69, 9.17) is 16.9 Å². The second kappa shape index (κ2) is 11.2. The number of fused-ring (bicyclic) bond motifs is 1. The number of halogens is 2. The lowest BCUT2D eigenvalue weighted by atomic mass is 9.89. The molecule has 1 fully saturated rings. The first-order chi connectivity index (χ1) is 17.3. The van der Waals surface area contributed by atoms with Crippen molar-refractivity contribution >= 4 is 50.2 Å². The maximum Gasteiger partial charge on any atom is 0.261 e. The predicted octanol–water partition coefficient (Wildman–Crippen LogP) is 3.68. The van der Waals surface area contributed by atoms with Crippen LogP contribution in [0.3, 0.4) is 0 Å². The number of aromatic nitrogens is 2. The van der Waals surface area contributed by atoms with Crippen LogP contribution in [0.1, 0.15) is 35.4 Å². The van der Waals surface area contributed by atoms with Crippen LogP contribution in [-0.2, 0) is 22.7 Å². The van der Waals surface area contributed by atoms with Gasteiger partial charge in [-0.3, -0.25) is 19.0 Å². The van der Waals surface area contributed by atoms with Crippen LogP contribution in [0.25, 0.3) is 10.9 Å². The van der Waals surface area contributed by atoms with Gasteiger partial charge in [-0.15, -0.1) is 0 Å². The summed E-state index contributed by atoms with van der Waals surface area (Å²) in [4.78, 5) is 45.8. The van der Waals surface area contributed by atoms with E-state index in [1.165, 1.54) is 15.8 Å². The smallest absolute Gasteiger partial charge is 0.261 e. The predicted molar refractivity (Wildman–Crippen MR) is 141 cm³/mol. The maximum atomic E-state index is 13.2. The molecule has 4 rings (SSSR count). The molecule has 0 bridgehead atoms. The summed E-state index contributed by atoms with van der Waals surface area (Å²) in [6.45, 7) is 1.53. The van der Waals surface area contributed by atoms with Crippen molar-refractivity contribution in [2.45, 2.75) is 31.8 Å². The molecule has 10 heteroatoms. The summed E-state index contributed by atoms with van der Waals surface area (Å²) in [6, 6.07) is 12.8. The number of likely N-dealkylation sites (tertiary alicyclic amines) is 1. The lowest BCUT2D eigenvalue weighted by Gasteiger charge is -2.32. The van der Waals surface area contributed by atoms with E-state index in [0.29, 0.717) is 46.5 Å². The highest BCUT2D eigenvalue weighted by atomic mass is 79.9. The van der Waals surface area contributed by atoms with Crippen molar-refractivity contribution in [3.63, 3.8) is 0 Å². The summed E-state index contributed by atoms with van der Waals surface area (Å²) >= 11 is 9.32. The Hall–Kier alpha value is -3.22. The van der Waals surface area contributed by atoms with Crippen LogP contribution in [0, 0.1) is 11.3 Å². The van der Waals surface area contributed by atoms with Gasteiger partial charge >= 0.3 is 0 Å². The van der Waals surface area contributed by atoms with Gasteiger partial charge < -0.3 is 9.80 Å². The third kappa shape index (κ3) is 5.61. The first kappa shape index (κ1) is 25.9. The summed E-state index contributed by atoms with van der Waals surface area (Å²) in [5, 5.41) is 10.2. The van der Waals surface area contributed by atoms with E-state index in [1.807, 2.05) is 29.2 Å². The largest absolute Gasteiger partial charge is 0.342 e. The second-order valence-corrected chi connectivity index (χ2v) is 9.89. The lowest BCUT2D eigenvalue weighted by Crippen LogP contribution is -2.38. The van der Waals surface area contributed by atoms with Crippen molar-refractivity contribution in [2.75, 3.05) is 25.5 Å². The summed E-state index contributed by atoms with van der Waals surface area (Å²) < 4.78 is 1.33. The molecule has 3 aromatic rings. The highest BCUT2D eigenvalue weighted by Gasteiger charge is 2.24. The minimum Gasteiger partial charge on any atom is -0.342 e. The van der Waals surface area contributed by atoms with Gasteiger partial charge in [0.05, 0.1) is 33.1 Å². The topological polar surface area (TPSA) is 99.3 Å². The lowest BCUT2D eigenvalue weighted by molar-refractivity contribution is -0.131. The van der Waals surface area contributed by atoms with Gasteiger partial charge in [-0.25, -0.2) is 4.98 Å². The normalized spacial score (nSPS) is 14.0. The van der Waals surface area contributed by atoms with Crippen molar-refractivity contribution in [3.05, 3.63) is 74.8 Å². The van der Waals surface area contributed by atoms with E-state index in [2.05, 4.69) is 20.9 Å². The summed E-state index contributed by atoms with van der Waals surface area (Å²) in [5.41, 5.74) is 2.52. The van der Waals surface area contributed by atoms with E-state index in [0.717, 1.165) is 24.0 Å². The molecule has 1 saturated heterocycles. The van der Waals surface area contributed by atoms with Crippen molar-refractivity contribution < 1.29 is 9.59 Å². The van der Waals surface area contributed by atoms with Gasteiger partial charge in [-0.05, 0) is 54.2 Å². The molecule has 0 atom stereocenters. The number of hydrogen-bond donors (Lipinski definition) is 0. The molecule has 186 valence electrons. The number of benzene rings is 2. The Kier molecular flexibility index (Phi) is 8.07. The zero-order chi connectivity index (χ0) is 25.8. The molecule has 2 amide bonds. The van der Waals surface area contributed by atoms with E-state index >= 15 is 0 Å². The van der Waals surface area contributed by atoms with Crippen LogP contribution in [0.15, 0.2) is 47.5 Å². The molecule has 36 heavy (non-hydrogen) atoms. The molecule has 1 aliphatic rings. The van der Waals surface area contributed by atoms with E-state index in [1.54, 1.807) is 25.2 Å². The van der Waals surface area contributed by atoms with Gasteiger partial charge in [0.2, 0.25) is 11.8 Å². The van der Waals surface area contributed by atoms with Crippen LogP contribution < -0.4 is 5.56 Å². The number of carbonyl (C=O) groups is 2. The Bertz CT molecular complexity index is 1410. The SMILES string of the molecule is CN(Cc1ccc(C#N)c(Cl)c1)C(=O)Cn1cnc2ccc(C3CCN(C(=O)CBr)CC3)cc2c1=O. The Labute approximate surface area is 222 Å². The number of alkyl halides is 1. The third-order valence-corrected chi connectivity index (χ3v) is 7.38. The number of hydrogen-bond acceptors (Lipinski definition) is 5. The van der Waals surface area contributed by atoms with E-state index < -0.39 is 0 Å². The van der Waals surface area contributed by atoms with Crippen LogP contribution in [0.5, 0.6) is 0 Å². The standard InChI is InChI=1S/C26H25BrClN5O3/c1-31(14-17-2-3-20(13-29)22(28)10-17)25(35)15-33-16-30-23-5-4-19(11-21(23)26(33)36)18-6-8-32(9-7-18)24(34)12-27/h2-5,10-11,16,18H,6-9,12,14-15H2,1H3. The van der Waals surface area contributed by atoms with E-state index in [-0.39, 0.29) is 29.8 Å². The van der Waals surface area contributed by atoms with Gasteiger partial charge in [0.15, 0.2) is 0 Å². The van der Waals surface area contributed by atoms with E-state index in [9.17, 15) is 14.4 Å². The molecular weight excluding hydrogens is 546 g/mol. The van der Waals surface area contributed by atoms with Gasteiger partial charge in [0, 0.05) is 26.7 Å².